The molecule has 3 amide bonds. The molecule has 1 fully saturated rings. The second kappa shape index (κ2) is 7.49. The molecule has 1 aromatic carbocycles. The fourth-order valence-electron chi connectivity index (χ4n) is 3.26. The van der Waals surface area contributed by atoms with E-state index in [1.807, 2.05) is 11.4 Å². The smallest absolute Gasteiger partial charge is 0.344 e. The molecule has 3 rings (SSSR count). The molecule has 0 bridgehead atoms. The number of carbonyl (C=O) groups is 3. The van der Waals surface area contributed by atoms with Crippen molar-refractivity contribution in [1.29, 1.82) is 0 Å². The van der Waals surface area contributed by atoms with Gasteiger partial charge in [0.1, 0.15) is 18.0 Å². The molecule has 1 aromatic rings. The van der Waals surface area contributed by atoms with Crippen LogP contribution in [0.4, 0.5) is 18.9 Å². The Balaban J connectivity index is 1.63. The Morgan fingerprint density at radius 3 is 2.56 bits per heavy atom. The molecule has 1 saturated heterocycles. The number of anilines is 1. The van der Waals surface area contributed by atoms with Crippen LogP contribution in [0.25, 0.3) is 0 Å². The molecule has 2 aliphatic heterocycles. The zero-order valence-corrected chi connectivity index (χ0v) is 15.6. The molecular formula is C17H17BrF3N3O3. The number of fused-ring (bicyclic) bond motifs is 1. The number of halogens is 4. The number of piperidine rings is 1. The maximum atomic E-state index is 12.7. The minimum atomic E-state index is -4.54. The number of carbonyl (C=O) groups excluding carboxylic acids is 3. The summed E-state index contributed by atoms with van der Waals surface area (Å²) in [6, 6.07) is 2.58. The molecule has 0 saturated carbocycles. The number of alkyl halides is 3. The number of hydrogen-bond acceptors (Lipinski definition) is 3. The molecule has 146 valence electrons. The maximum Gasteiger partial charge on any atom is 0.408 e. The molecule has 3 N–H and O–H groups in total. The highest BCUT2D eigenvalue weighted by molar-refractivity contribution is 9.10. The number of rotatable bonds is 2. The van der Waals surface area contributed by atoms with Gasteiger partial charge < -0.3 is 16.0 Å². The Labute approximate surface area is 161 Å². The van der Waals surface area contributed by atoms with Crippen LogP contribution >= 0.6 is 15.9 Å². The minimum absolute atomic E-state index is 0.219. The summed E-state index contributed by atoms with van der Waals surface area (Å²) in [5.41, 5.74) is 1.54. The van der Waals surface area contributed by atoms with Crippen molar-refractivity contribution in [3.63, 3.8) is 0 Å². The van der Waals surface area contributed by atoms with E-state index < -0.39 is 41.9 Å². The van der Waals surface area contributed by atoms with Crippen LogP contribution in [0.3, 0.4) is 0 Å². The first-order chi connectivity index (χ1) is 12.6. The molecule has 3 atom stereocenters. The number of hydrogen-bond donors (Lipinski definition) is 3. The van der Waals surface area contributed by atoms with Crippen LogP contribution in [0.2, 0.25) is 0 Å². The van der Waals surface area contributed by atoms with Crippen molar-refractivity contribution < 1.29 is 27.6 Å². The second-order valence-electron chi connectivity index (χ2n) is 6.62. The van der Waals surface area contributed by atoms with Crippen molar-refractivity contribution in [2.75, 3.05) is 5.32 Å². The van der Waals surface area contributed by atoms with Crippen molar-refractivity contribution in [2.24, 2.45) is 5.92 Å². The standard InChI is InChI=1S/C17H17BrF3N3O3/c18-9-2-5-11-8(7-9)1-4-12(16(27)22-11)23-14(25)10-3-6-13(17(19,20)21)24-15(10)26/h2,5,7,10,12-13H,1,3-4,6H2,(H,22,27)(H,23,25)(H,24,26). The van der Waals surface area contributed by atoms with Gasteiger partial charge in [-0.2, -0.15) is 13.2 Å². The van der Waals surface area contributed by atoms with E-state index in [0.717, 1.165) is 10.0 Å². The van der Waals surface area contributed by atoms with Crippen LogP contribution in [-0.2, 0) is 20.8 Å². The zero-order chi connectivity index (χ0) is 19.8. The van der Waals surface area contributed by atoms with Gasteiger partial charge in [0, 0.05) is 10.2 Å². The van der Waals surface area contributed by atoms with Gasteiger partial charge >= 0.3 is 6.18 Å². The second-order valence-corrected chi connectivity index (χ2v) is 7.54. The summed E-state index contributed by atoms with van der Waals surface area (Å²) < 4.78 is 39.0. The van der Waals surface area contributed by atoms with E-state index in [0.29, 0.717) is 18.5 Å². The average Bonchev–Trinajstić information content (AvgIpc) is 2.73. The first-order valence-electron chi connectivity index (χ1n) is 8.42. The molecule has 0 radical (unpaired) electrons. The van der Waals surface area contributed by atoms with Gasteiger partial charge in [0.2, 0.25) is 17.7 Å². The Morgan fingerprint density at radius 1 is 1.15 bits per heavy atom. The van der Waals surface area contributed by atoms with Crippen LogP contribution < -0.4 is 16.0 Å². The summed E-state index contributed by atoms with van der Waals surface area (Å²) in [4.78, 5) is 36.7. The summed E-state index contributed by atoms with van der Waals surface area (Å²) in [6.45, 7) is 0. The Hall–Kier alpha value is -2.10. The number of nitrogens with one attached hydrogen (secondary N) is 3. The lowest BCUT2D eigenvalue weighted by Crippen LogP contribution is -2.56. The molecule has 27 heavy (non-hydrogen) atoms. The monoisotopic (exact) mass is 447 g/mol. The lowest BCUT2D eigenvalue weighted by atomic mass is 9.92. The summed E-state index contributed by atoms with van der Waals surface area (Å²) in [5, 5.41) is 7.07. The average molecular weight is 448 g/mol. The topological polar surface area (TPSA) is 87.3 Å². The van der Waals surface area contributed by atoms with Crippen molar-refractivity contribution in [2.45, 2.75) is 43.9 Å². The van der Waals surface area contributed by atoms with Gasteiger partial charge in [-0.15, -0.1) is 0 Å². The number of amides is 3. The maximum absolute atomic E-state index is 12.7. The van der Waals surface area contributed by atoms with Gasteiger partial charge in [-0.25, -0.2) is 0 Å². The Morgan fingerprint density at radius 2 is 1.89 bits per heavy atom. The predicted octanol–water partition coefficient (Wildman–Crippen LogP) is 2.28. The van der Waals surface area contributed by atoms with E-state index >= 15 is 0 Å². The van der Waals surface area contributed by atoms with Crippen molar-refractivity contribution in [3.8, 4) is 0 Å². The lowest BCUT2D eigenvalue weighted by Gasteiger charge is -2.30. The van der Waals surface area contributed by atoms with Crippen molar-refractivity contribution in [1.82, 2.24) is 10.6 Å². The highest BCUT2D eigenvalue weighted by atomic mass is 79.9. The van der Waals surface area contributed by atoms with E-state index in [2.05, 4.69) is 26.6 Å². The molecule has 3 unspecified atom stereocenters. The van der Waals surface area contributed by atoms with Crippen LogP contribution in [-0.4, -0.2) is 36.0 Å². The van der Waals surface area contributed by atoms with Crippen LogP contribution in [0, 0.1) is 5.92 Å². The first kappa shape index (κ1) is 19.7. The van der Waals surface area contributed by atoms with E-state index in [1.165, 1.54) is 0 Å². The van der Waals surface area contributed by atoms with Crippen LogP contribution in [0.15, 0.2) is 22.7 Å². The van der Waals surface area contributed by atoms with Crippen LogP contribution in [0.5, 0.6) is 0 Å². The highest BCUT2D eigenvalue weighted by Crippen LogP contribution is 2.29. The van der Waals surface area contributed by atoms with E-state index in [9.17, 15) is 27.6 Å². The third kappa shape index (κ3) is 4.42. The Bertz CT molecular complexity index is 784. The van der Waals surface area contributed by atoms with Gasteiger partial charge in [-0.05, 0) is 49.4 Å². The third-order valence-corrected chi connectivity index (χ3v) is 5.24. The van der Waals surface area contributed by atoms with Gasteiger partial charge in [-0.1, -0.05) is 15.9 Å². The molecule has 10 heteroatoms. The SMILES string of the molecule is O=C1Nc2ccc(Br)cc2CCC1NC(=O)C1CCC(C(F)(F)F)NC1=O. The number of aryl methyl sites for hydroxylation is 1. The number of benzene rings is 1. The summed E-state index contributed by atoms with van der Waals surface area (Å²) in [6.07, 6.45) is -4.29. The quantitative estimate of drug-likeness (QED) is 0.607. The normalized spacial score (nSPS) is 25.7. The molecule has 0 spiro atoms. The highest BCUT2D eigenvalue weighted by Gasteiger charge is 2.46. The summed E-state index contributed by atoms with van der Waals surface area (Å²) in [5.74, 6) is -3.37. The molecule has 2 heterocycles. The Kier molecular flexibility index (Phi) is 5.45. The van der Waals surface area contributed by atoms with Crippen molar-refractivity contribution >= 4 is 39.3 Å². The molecular weight excluding hydrogens is 431 g/mol. The van der Waals surface area contributed by atoms with Crippen LogP contribution in [0.1, 0.15) is 24.8 Å². The fourth-order valence-corrected chi connectivity index (χ4v) is 3.66. The molecule has 6 nitrogen and oxygen atoms in total. The molecule has 0 aliphatic carbocycles. The summed E-state index contributed by atoms with van der Waals surface area (Å²) in [7, 11) is 0. The predicted molar refractivity (Wildman–Crippen MR) is 93.7 cm³/mol. The van der Waals surface area contributed by atoms with Gasteiger partial charge in [0.25, 0.3) is 0 Å². The van der Waals surface area contributed by atoms with Gasteiger partial charge in [-0.3, -0.25) is 14.4 Å². The van der Waals surface area contributed by atoms with Crippen molar-refractivity contribution in [3.05, 3.63) is 28.2 Å². The fraction of sp³-hybridized carbons (Fsp3) is 0.471. The molecule has 2 aliphatic rings. The van der Waals surface area contributed by atoms with Gasteiger partial charge in [0.05, 0.1) is 0 Å². The lowest BCUT2D eigenvalue weighted by molar-refractivity contribution is -0.171. The van der Waals surface area contributed by atoms with Gasteiger partial charge in [0.15, 0.2) is 0 Å². The van der Waals surface area contributed by atoms with E-state index in [4.69, 9.17) is 0 Å². The molecule has 0 aromatic heterocycles. The zero-order valence-electron chi connectivity index (χ0n) is 14.0. The largest absolute Gasteiger partial charge is 0.408 e. The minimum Gasteiger partial charge on any atom is -0.344 e. The summed E-state index contributed by atoms with van der Waals surface area (Å²) >= 11 is 3.36. The van der Waals surface area contributed by atoms with E-state index in [1.54, 1.807) is 12.1 Å². The van der Waals surface area contributed by atoms with E-state index in [-0.39, 0.29) is 12.8 Å². The first-order valence-corrected chi connectivity index (χ1v) is 9.21. The third-order valence-electron chi connectivity index (χ3n) is 4.75.